The third-order valence-electron chi connectivity index (χ3n) is 4.78. The van der Waals surface area contributed by atoms with Crippen LogP contribution in [-0.2, 0) is 11.3 Å². The highest BCUT2D eigenvalue weighted by molar-refractivity contribution is 14.0. The van der Waals surface area contributed by atoms with Gasteiger partial charge in [-0.3, -0.25) is 4.99 Å². The van der Waals surface area contributed by atoms with Crippen molar-refractivity contribution < 1.29 is 9.47 Å². The molecule has 1 aliphatic carbocycles. The Bertz CT molecular complexity index is 584. The molecule has 6 nitrogen and oxygen atoms in total. The van der Waals surface area contributed by atoms with Crippen LogP contribution in [0.2, 0.25) is 0 Å². The van der Waals surface area contributed by atoms with Gasteiger partial charge in [0.1, 0.15) is 6.10 Å². The van der Waals surface area contributed by atoms with Crippen molar-refractivity contribution in [2.24, 2.45) is 10.4 Å². The number of rotatable bonds is 7. The molecule has 2 N–H and O–H groups in total. The summed E-state index contributed by atoms with van der Waals surface area (Å²) in [5.41, 5.74) is 1.19. The predicted molar refractivity (Wildman–Crippen MR) is 121 cm³/mol. The molecular formula is C20H35IN4O2. The molecule has 1 fully saturated rings. The van der Waals surface area contributed by atoms with Crippen LogP contribution in [0.3, 0.4) is 0 Å². The first kappa shape index (κ1) is 23.9. The van der Waals surface area contributed by atoms with Crippen molar-refractivity contribution in [3.8, 4) is 5.88 Å². The fraction of sp³-hybridized carbons (Fsp3) is 0.700. The number of guanidine groups is 1. The summed E-state index contributed by atoms with van der Waals surface area (Å²) in [5.74, 6) is 1.47. The fourth-order valence-corrected chi connectivity index (χ4v) is 3.14. The number of aromatic nitrogens is 1. The Morgan fingerprint density at radius 3 is 2.59 bits per heavy atom. The minimum Gasteiger partial charge on any atom is -0.474 e. The molecule has 2 rings (SSSR count). The minimum absolute atomic E-state index is 0. The maximum absolute atomic E-state index is 5.98. The first-order valence-electron chi connectivity index (χ1n) is 9.51. The van der Waals surface area contributed by atoms with Gasteiger partial charge in [-0.25, -0.2) is 4.98 Å². The van der Waals surface area contributed by atoms with E-state index in [1.165, 1.54) is 12.8 Å². The van der Waals surface area contributed by atoms with Gasteiger partial charge >= 0.3 is 0 Å². The summed E-state index contributed by atoms with van der Waals surface area (Å²) in [5, 5.41) is 6.68. The highest BCUT2D eigenvalue weighted by Gasteiger charge is 2.24. The molecule has 0 saturated heterocycles. The topological polar surface area (TPSA) is 67.8 Å². The number of nitrogens with zero attached hydrogens (tertiary/aromatic N) is 2. The van der Waals surface area contributed by atoms with Crippen LogP contribution in [0.25, 0.3) is 0 Å². The van der Waals surface area contributed by atoms with Crippen LogP contribution >= 0.6 is 24.0 Å². The average Bonchev–Trinajstić information content (AvgIpc) is 3.10. The fourth-order valence-electron chi connectivity index (χ4n) is 3.14. The van der Waals surface area contributed by atoms with E-state index in [2.05, 4.69) is 41.4 Å². The van der Waals surface area contributed by atoms with Crippen LogP contribution in [0.4, 0.5) is 0 Å². The number of ether oxygens (including phenoxy) is 2. The Labute approximate surface area is 180 Å². The van der Waals surface area contributed by atoms with Gasteiger partial charge < -0.3 is 20.1 Å². The van der Waals surface area contributed by atoms with Crippen molar-refractivity contribution in [1.82, 2.24) is 15.6 Å². The van der Waals surface area contributed by atoms with Crippen LogP contribution in [-0.4, -0.2) is 43.9 Å². The minimum atomic E-state index is 0. The van der Waals surface area contributed by atoms with Gasteiger partial charge in [0.05, 0.1) is 6.10 Å². The molecule has 1 heterocycles. The highest BCUT2D eigenvalue weighted by atomic mass is 127. The molecule has 7 heteroatoms. The molecule has 1 atom stereocenters. The van der Waals surface area contributed by atoms with Crippen molar-refractivity contribution in [3.63, 3.8) is 0 Å². The average molecular weight is 490 g/mol. The number of aliphatic imine (C=N–C) groups is 1. The molecule has 0 amide bonds. The summed E-state index contributed by atoms with van der Waals surface area (Å²) in [6.45, 7) is 7.87. The van der Waals surface area contributed by atoms with Gasteiger partial charge in [0.2, 0.25) is 5.88 Å². The molecule has 0 radical (unpaired) electrons. The quantitative estimate of drug-likeness (QED) is 0.346. The molecule has 0 aromatic carbocycles. The van der Waals surface area contributed by atoms with E-state index in [1.54, 1.807) is 20.4 Å². The zero-order chi connectivity index (χ0) is 19.0. The number of hydrogen-bond donors (Lipinski definition) is 2. The zero-order valence-corrected chi connectivity index (χ0v) is 19.6. The van der Waals surface area contributed by atoms with Crippen LogP contribution in [0.15, 0.2) is 23.3 Å². The number of hydrogen-bond acceptors (Lipinski definition) is 4. The first-order chi connectivity index (χ1) is 12.4. The van der Waals surface area contributed by atoms with E-state index in [4.69, 9.17) is 9.47 Å². The molecule has 1 aromatic rings. The number of pyridine rings is 1. The third-order valence-corrected chi connectivity index (χ3v) is 4.78. The van der Waals surface area contributed by atoms with Gasteiger partial charge in [0.25, 0.3) is 0 Å². The summed E-state index contributed by atoms with van der Waals surface area (Å²) < 4.78 is 11.6. The van der Waals surface area contributed by atoms with Crippen molar-refractivity contribution in [2.75, 3.05) is 20.7 Å². The highest BCUT2D eigenvalue weighted by Crippen LogP contribution is 2.23. The molecule has 1 unspecified atom stereocenters. The van der Waals surface area contributed by atoms with E-state index in [1.807, 2.05) is 12.1 Å². The molecule has 154 valence electrons. The normalized spacial score (nSPS) is 16.6. The van der Waals surface area contributed by atoms with Crippen molar-refractivity contribution in [3.05, 3.63) is 23.9 Å². The Morgan fingerprint density at radius 2 is 2.00 bits per heavy atom. The molecule has 1 aliphatic rings. The number of methoxy groups -OCH3 is 1. The Hall–Kier alpha value is -1.09. The molecular weight excluding hydrogens is 455 g/mol. The smallest absolute Gasteiger partial charge is 0.213 e. The lowest BCUT2D eigenvalue weighted by Crippen LogP contribution is -2.45. The Kier molecular flexibility index (Phi) is 10.4. The van der Waals surface area contributed by atoms with Gasteiger partial charge in [-0.15, -0.1) is 24.0 Å². The molecule has 1 aromatic heterocycles. The molecule has 0 aliphatic heterocycles. The van der Waals surface area contributed by atoms with Gasteiger partial charge in [0, 0.05) is 39.5 Å². The monoisotopic (exact) mass is 490 g/mol. The SMILES string of the molecule is CN=C(NCc1ccnc(OC2CCCC2)c1)NCC(OC)C(C)(C)C.I. The van der Waals surface area contributed by atoms with Crippen molar-refractivity contribution >= 4 is 29.9 Å². The van der Waals surface area contributed by atoms with E-state index in [-0.39, 0.29) is 35.5 Å². The third kappa shape index (κ3) is 8.21. The summed E-state index contributed by atoms with van der Waals surface area (Å²) in [7, 11) is 3.52. The van der Waals surface area contributed by atoms with Crippen LogP contribution in [0.1, 0.15) is 52.0 Å². The van der Waals surface area contributed by atoms with E-state index in [0.29, 0.717) is 25.1 Å². The van der Waals surface area contributed by atoms with Crippen LogP contribution < -0.4 is 15.4 Å². The lowest BCUT2D eigenvalue weighted by molar-refractivity contribution is 0.0205. The maximum atomic E-state index is 5.98. The second-order valence-corrected chi connectivity index (χ2v) is 7.92. The lowest BCUT2D eigenvalue weighted by Gasteiger charge is -2.30. The van der Waals surface area contributed by atoms with E-state index in [9.17, 15) is 0 Å². The number of nitrogens with one attached hydrogen (secondary N) is 2. The Morgan fingerprint density at radius 1 is 1.30 bits per heavy atom. The maximum Gasteiger partial charge on any atom is 0.213 e. The standard InChI is InChI=1S/C20H34N4O2.HI/c1-20(2,3)17(25-5)14-24-19(21-4)23-13-15-10-11-22-18(12-15)26-16-8-6-7-9-16;/h10-12,16-17H,6-9,13-14H2,1-5H3,(H2,21,23,24);1H. The predicted octanol–water partition coefficient (Wildman–Crippen LogP) is 3.75. The summed E-state index contributed by atoms with van der Waals surface area (Å²) in [4.78, 5) is 8.62. The van der Waals surface area contributed by atoms with Crippen LogP contribution in [0.5, 0.6) is 5.88 Å². The van der Waals surface area contributed by atoms with Gasteiger partial charge in [-0.2, -0.15) is 0 Å². The van der Waals surface area contributed by atoms with Crippen molar-refractivity contribution in [2.45, 2.75) is 65.2 Å². The summed E-state index contributed by atoms with van der Waals surface area (Å²) >= 11 is 0. The van der Waals surface area contributed by atoms with E-state index >= 15 is 0 Å². The second kappa shape index (κ2) is 11.7. The zero-order valence-electron chi connectivity index (χ0n) is 17.2. The molecule has 27 heavy (non-hydrogen) atoms. The van der Waals surface area contributed by atoms with E-state index < -0.39 is 0 Å². The Balaban J connectivity index is 0.00000364. The first-order valence-corrected chi connectivity index (χ1v) is 9.51. The molecule has 1 saturated carbocycles. The van der Waals surface area contributed by atoms with Gasteiger partial charge in [0.15, 0.2) is 5.96 Å². The van der Waals surface area contributed by atoms with Crippen molar-refractivity contribution in [1.29, 1.82) is 0 Å². The largest absolute Gasteiger partial charge is 0.474 e. The molecule has 0 bridgehead atoms. The molecule has 0 spiro atoms. The van der Waals surface area contributed by atoms with Gasteiger partial charge in [-0.05, 0) is 42.7 Å². The van der Waals surface area contributed by atoms with E-state index in [0.717, 1.165) is 24.4 Å². The summed E-state index contributed by atoms with van der Waals surface area (Å²) in [6, 6.07) is 4.00. The van der Waals surface area contributed by atoms with Crippen LogP contribution in [0, 0.1) is 5.41 Å². The second-order valence-electron chi connectivity index (χ2n) is 7.92. The lowest BCUT2D eigenvalue weighted by atomic mass is 9.89. The summed E-state index contributed by atoms with van der Waals surface area (Å²) in [6.07, 6.45) is 7.01. The number of halogens is 1. The van der Waals surface area contributed by atoms with Gasteiger partial charge in [-0.1, -0.05) is 20.8 Å².